The monoisotopic (exact) mass is 430 g/mol. The minimum atomic E-state index is -0.280. The van der Waals surface area contributed by atoms with Crippen molar-refractivity contribution in [3.63, 3.8) is 0 Å². The highest BCUT2D eigenvalue weighted by molar-refractivity contribution is 14.1. The average molecular weight is 431 g/mol. The van der Waals surface area contributed by atoms with Gasteiger partial charge >= 0.3 is 0 Å². The predicted octanol–water partition coefficient (Wildman–Crippen LogP) is 3.78. The van der Waals surface area contributed by atoms with Gasteiger partial charge in [0.2, 0.25) is 0 Å². The summed E-state index contributed by atoms with van der Waals surface area (Å²) in [6, 6.07) is 5.24. The Morgan fingerprint density at radius 1 is 1.33 bits per heavy atom. The highest BCUT2D eigenvalue weighted by atomic mass is 127. The van der Waals surface area contributed by atoms with Gasteiger partial charge in [0.25, 0.3) is 5.91 Å². The number of nitrogens with zero attached hydrogens (tertiary/aromatic N) is 2. The van der Waals surface area contributed by atoms with E-state index in [9.17, 15) is 4.79 Å². The van der Waals surface area contributed by atoms with E-state index in [0.717, 1.165) is 3.57 Å². The number of anilines is 2. The molecule has 0 fully saturated rings. The molecule has 1 amide bonds. The molecule has 0 aliphatic carbocycles. The van der Waals surface area contributed by atoms with Crippen molar-refractivity contribution >= 4 is 73.2 Å². The third-order valence-corrected chi connectivity index (χ3v) is 4.98. The van der Waals surface area contributed by atoms with E-state index in [1.165, 1.54) is 11.3 Å². The number of carbonyl (C=O) groups excluding carboxylic acids is 1. The fourth-order valence-corrected chi connectivity index (χ4v) is 3.71. The largest absolute Gasteiger partial charge is 0.396 e. The van der Waals surface area contributed by atoms with Crippen LogP contribution in [0, 0.1) is 3.57 Å². The molecule has 3 N–H and O–H groups in total. The number of thiophene rings is 1. The topological polar surface area (TPSA) is 80.9 Å². The molecule has 0 saturated carbocycles. The number of carbonyl (C=O) groups is 1. The molecular formula is C13H8ClIN4OS. The Labute approximate surface area is 142 Å². The molecule has 5 nitrogen and oxygen atoms in total. The molecule has 0 radical (unpaired) electrons. The van der Waals surface area contributed by atoms with Gasteiger partial charge in [0, 0.05) is 21.0 Å². The summed E-state index contributed by atoms with van der Waals surface area (Å²) in [5.41, 5.74) is 7.57. The van der Waals surface area contributed by atoms with E-state index in [0.29, 0.717) is 31.6 Å². The second-order valence-corrected chi connectivity index (χ2v) is 6.73. The average Bonchev–Trinajstić information content (AvgIpc) is 2.80. The fourth-order valence-electron chi connectivity index (χ4n) is 1.78. The highest BCUT2D eigenvalue weighted by Gasteiger charge is 2.18. The van der Waals surface area contributed by atoms with Crippen LogP contribution in [-0.4, -0.2) is 15.9 Å². The van der Waals surface area contributed by atoms with Crippen molar-refractivity contribution in [1.29, 1.82) is 0 Å². The van der Waals surface area contributed by atoms with Crippen LogP contribution in [-0.2, 0) is 0 Å². The number of nitrogen functional groups attached to an aromatic ring is 1. The van der Waals surface area contributed by atoms with Crippen molar-refractivity contribution in [2.24, 2.45) is 0 Å². The lowest BCUT2D eigenvalue weighted by Gasteiger charge is -2.07. The molecule has 21 heavy (non-hydrogen) atoms. The molecule has 3 aromatic rings. The van der Waals surface area contributed by atoms with Gasteiger partial charge in [-0.3, -0.25) is 4.79 Å². The first kappa shape index (κ1) is 14.5. The van der Waals surface area contributed by atoms with Crippen LogP contribution in [0.3, 0.4) is 0 Å². The molecule has 0 saturated heterocycles. The summed E-state index contributed by atoms with van der Waals surface area (Å²) in [5, 5.41) is 3.44. The number of halogens is 2. The lowest BCUT2D eigenvalue weighted by Crippen LogP contribution is -2.12. The lowest BCUT2D eigenvalue weighted by molar-refractivity contribution is 0.103. The van der Waals surface area contributed by atoms with Crippen molar-refractivity contribution in [3.8, 4) is 0 Å². The second kappa shape index (κ2) is 5.74. The molecule has 8 heteroatoms. The van der Waals surface area contributed by atoms with Gasteiger partial charge in [0.15, 0.2) is 0 Å². The van der Waals surface area contributed by atoms with Crippen LogP contribution in [0.4, 0.5) is 11.4 Å². The van der Waals surface area contributed by atoms with Gasteiger partial charge in [-0.1, -0.05) is 11.6 Å². The van der Waals surface area contributed by atoms with Crippen LogP contribution in [0.25, 0.3) is 10.3 Å². The van der Waals surface area contributed by atoms with Gasteiger partial charge < -0.3 is 11.1 Å². The number of fused-ring (bicyclic) bond motifs is 1. The minimum Gasteiger partial charge on any atom is -0.396 e. The Balaban J connectivity index is 1.95. The number of rotatable bonds is 2. The number of amides is 1. The predicted molar refractivity (Wildman–Crippen MR) is 93.9 cm³/mol. The highest BCUT2D eigenvalue weighted by Crippen LogP contribution is 2.31. The minimum absolute atomic E-state index is 0.280. The summed E-state index contributed by atoms with van der Waals surface area (Å²) in [4.78, 5) is 21.7. The Morgan fingerprint density at radius 2 is 2.10 bits per heavy atom. The second-order valence-electron chi connectivity index (χ2n) is 4.13. The van der Waals surface area contributed by atoms with Crippen molar-refractivity contribution in [1.82, 2.24) is 9.97 Å². The summed E-state index contributed by atoms with van der Waals surface area (Å²) >= 11 is 9.23. The van der Waals surface area contributed by atoms with Crippen molar-refractivity contribution < 1.29 is 4.79 Å². The van der Waals surface area contributed by atoms with Gasteiger partial charge in [0.1, 0.15) is 15.2 Å². The maximum atomic E-state index is 12.4. The summed E-state index contributed by atoms with van der Waals surface area (Å²) in [5.74, 6) is -0.280. The molecule has 0 unspecified atom stereocenters. The number of nitrogens with two attached hydrogens (primary N) is 1. The summed E-state index contributed by atoms with van der Waals surface area (Å²) in [6.45, 7) is 0. The normalized spacial score (nSPS) is 10.8. The number of aromatic nitrogens is 2. The Kier molecular flexibility index (Phi) is 3.96. The lowest BCUT2D eigenvalue weighted by atomic mass is 10.3. The van der Waals surface area contributed by atoms with Gasteiger partial charge in [-0.25, -0.2) is 9.97 Å². The van der Waals surface area contributed by atoms with Gasteiger partial charge in [-0.2, -0.15) is 0 Å². The SMILES string of the molecule is Nc1c(C(=O)Nc2ccc(Cl)cc2I)sc2nccnc12. The maximum Gasteiger partial charge on any atom is 0.268 e. The molecular weight excluding hydrogens is 423 g/mol. The maximum absolute atomic E-state index is 12.4. The van der Waals surface area contributed by atoms with Crippen molar-refractivity contribution in [2.75, 3.05) is 11.1 Å². The molecule has 1 aromatic carbocycles. The molecule has 0 aliphatic heterocycles. The zero-order valence-corrected chi connectivity index (χ0v) is 14.2. The summed E-state index contributed by atoms with van der Waals surface area (Å²) in [6.07, 6.45) is 3.12. The molecule has 3 rings (SSSR count). The standard InChI is InChI=1S/C13H8ClIN4OS/c14-6-1-2-8(7(15)5-6)19-12(20)11-9(16)10-13(21-11)18-4-3-17-10/h1-5H,16H2,(H,19,20). The van der Waals surface area contributed by atoms with Crippen LogP contribution in [0.15, 0.2) is 30.6 Å². The first-order valence-electron chi connectivity index (χ1n) is 5.81. The quantitative estimate of drug-likeness (QED) is 0.606. The third kappa shape index (κ3) is 2.81. The third-order valence-electron chi connectivity index (χ3n) is 2.75. The number of nitrogens with one attached hydrogen (secondary N) is 1. The summed E-state index contributed by atoms with van der Waals surface area (Å²) < 4.78 is 0.851. The summed E-state index contributed by atoms with van der Waals surface area (Å²) in [7, 11) is 0. The van der Waals surface area contributed by atoms with E-state index >= 15 is 0 Å². The van der Waals surface area contributed by atoms with Crippen molar-refractivity contribution in [3.05, 3.63) is 44.1 Å². The first-order valence-corrected chi connectivity index (χ1v) is 8.09. The van der Waals surface area contributed by atoms with Gasteiger partial charge in [-0.15, -0.1) is 11.3 Å². The molecule has 2 aromatic heterocycles. The van der Waals surface area contributed by atoms with E-state index in [4.69, 9.17) is 17.3 Å². The Hall–Kier alpha value is -1.45. The van der Waals surface area contributed by atoms with Crippen LogP contribution < -0.4 is 11.1 Å². The van der Waals surface area contributed by atoms with E-state index in [-0.39, 0.29) is 5.91 Å². The van der Waals surface area contributed by atoms with Crippen LogP contribution in [0.5, 0.6) is 0 Å². The van der Waals surface area contributed by atoms with Gasteiger partial charge in [-0.05, 0) is 40.8 Å². The van der Waals surface area contributed by atoms with E-state index in [1.807, 2.05) is 0 Å². The smallest absolute Gasteiger partial charge is 0.268 e. The molecule has 2 heterocycles. The van der Waals surface area contributed by atoms with E-state index in [2.05, 4.69) is 37.9 Å². The molecule has 0 spiro atoms. The van der Waals surface area contributed by atoms with Crippen LogP contribution in [0.1, 0.15) is 9.67 Å². The van der Waals surface area contributed by atoms with Crippen LogP contribution in [0.2, 0.25) is 5.02 Å². The van der Waals surface area contributed by atoms with E-state index < -0.39 is 0 Å². The Bertz CT molecular complexity index is 851. The molecule has 0 aliphatic rings. The number of hydrogen-bond donors (Lipinski definition) is 2. The first-order chi connectivity index (χ1) is 10.1. The van der Waals surface area contributed by atoms with Crippen molar-refractivity contribution in [2.45, 2.75) is 0 Å². The zero-order chi connectivity index (χ0) is 15.0. The molecule has 0 atom stereocenters. The fraction of sp³-hybridized carbons (Fsp3) is 0. The zero-order valence-electron chi connectivity index (χ0n) is 10.4. The molecule has 106 valence electrons. The van der Waals surface area contributed by atoms with Gasteiger partial charge in [0.05, 0.1) is 11.4 Å². The van der Waals surface area contributed by atoms with E-state index in [1.54, 1.807) is 30.6 Å². The number of benzene rings is 1. The Morgan fingerprint density at radius 3 is 2.81 bits per heavy atom. The molecule has 0 bridgehead atoms. The van der Waals surface area contributed by atoms with Crippen LogP contribution >= 0.6 is 45.5 Å². The number of hydrogen-bond acceptors (Lipinski definition) is 5.